The Balaban J connectivity index is 2.53. The van der Waals surface area contributed by atoms with E-state index in [1.165, 1.54) is 7.11 Å². The number of aliphatic carboxylic acids is 1. The lowest BCUT2D eigenvalue weighted by Crippen LogP contribution is -2.61. The summed E-state index contributed by atoms with van der Waals surface area (Å²) in [5, 5.41) is 18.3. The standard InChI is InChI=1S/C10H19NO6/c1-5-8(11)9(14)10(15-2)6(17-5)3-16-4-7(12)13/h5-6,8-10,14H,3-4,11H2,1-2H3,(H,12,13)/t5-,6?,8?,9?,10+/m0/s1. The summed E-state index contributed by atoms with van der Waals surface area (Å²) >= 11 is 0. The van der Waals surface area contributed by atoms with E-state index in [9.17, 15) is 9.90 Å². The zero-order valence-electron chi connectivity index (χ0n) is 9.91. The van der Waals surface area contributed by atoms with Crippen LogP contribution in [0.25, 0.3) is 0 Å². The van der Waals surface area contributed by atoms with Crippen molar-refractivity contribution < 1.29 is 29.2 Å². The highest BCUT2D eigenvalue weighted by molar-refractivity contribution is 5.67. The van der Waals surface area contributed by atoms with Crippen LogP contribution in [0.4, 0.5) is 0 Å². The fourth-order valence-electron chi connectivity index (χ4n) is 1.85. The summed E-state index contributed by atoms with van der Waals surface area (Å²) in [6, 6.07) is -0.532. The molecule has 1 aliphatic rings. The topological polar surface area (TPSA) is 111 Å². The molecule has 0 bridgehead atoms. The van der Waals surface area contributed by atoms with Crippen LogP contribution in [0, 0.1) is 0 Å². The monoisotopic (exact) mass is 249 g/mol. The molecule has 7 heteroatoms. The average molecular weight is 249 g/mol. The van der Waals surface area contributed by atoms with Gasteiger partial charge < -0.3 is 30.2 Å². The van der Waals surface area contributed by atoms with Gasteiger partial charge in [0.15, 0.2) is 0 Å². The molecule has 0 amide bonds. The average Bonchev–Trinajstić information content (AvgIpc) is 2.26. The smallest absolute Gasteiger partial charge is 0.329 e. The first-order valence-corrected chi connectivity index (χ1v) is 5.38. The van der Waals surface area contributed by atoms with E-state index in [4.69, 9.17) is 25.1 Å². The molecule has 0 aromatic heterocycles. The molecular weight excluding hydrogens is 230 g/mol. The van der Waals surface area contributed by atoms with Gasteiger partial charge in [-0.15, -0.1) is 0 Å². The molecule has 17 heavy (non-hydrogen) atoms. The summed E-state index contributed by atoms with van der Waals surface area (Å²) in [6.07, 6.45) is -2.34. The fraction of sp³-hybridized carbons (Fsp3) is 0.900. The highest BCUT2D eigenvalue weighted by atomic mass is 16.6. The number of hydrogen-bond acceptors (Lipinski definition) is 6. The van der Waals surface area contributed by atoms with E-state index in [0.717, 1.165) is 0 Å². The van der Waals surface area contributed by atoms with Crippen molar-refractivity contribution in [2.75, 3.05) is 20.3 Å². The molecule has 0 saturated carbocycles. The molecule has 1 fully saturated rings. The predicted molar refractivity (Wildman–Crippen MR) is 57.6 cm³/mol. The van der Waals surface area contributed by atoms with Crippen molar-refractivity contribution in [1.29, 1.82) is 0 Å². The molecule has 0 radical (unpaired) electrons. The summed E-state index contributed by atoms with van der Waals surface area (Å²) < 4.78 is 15.6. The van der Waals surface area contributed by atoms with Crippen LogP contribution in [-0.4, -0.2) is 67.0 Å². The van der Waals surface area contributed by atoms with E-state index in [1.54, 1.807) is 6.92 Å². The molecule has 1 heterocycles. The first-order valence-electron chi connectivity index (χ1n) is 5.38. The summed E-state index contributed by atoms with van der Waals surface area (Å²) in [6.45, 7) is 1.37. The van der Waals surface area contributed by atoms with Crippen LogP contribution in [-0.2, 0) is 19.0 Å². The summed E-state index contributed by atoms with van der Waals surface area (Å²) in [7, 11) is 1.43. The van der Waals surface area contributed by atoms with E-state index in [2.05, 4.69) is 0 Å². The first-order chi connectivity index (χ1) is 7.97. The van der Waals surface area contributed by atoms with Crippen molar-refractivity contribution in [3.63, 3.8) is 0 Å². The Morgan fingerprint density at radius 3 is 2.71 bits per heavy atom. The summed E-state index contributed by atoms with van der Waals surface area (Å²) in [4.78, 5) is 10.3. The molecule has 0 spiro atoms. The lowest BCUT2D eigenvalue weighted by Gasteiger charge is -2.41. The van der Waals surface area contributed by atoms with Gasteiger partial charge in [-0.3, -0.25) is 0 Å². The molecule has 0 aromatic rings. The molecule has 1 aliphatic heterocycles. The van der Waals surface area contributed by atoms with Crippen LogP contribution < -0.4 is 5.73 Å². The Bertz CT molecular complexity index is 261. The Morgan fingerprint density at radius 2 is 2.18 bits per heavy atom. The third kappa shape index (κ3) is 3.62. The zero-order valence-corrected chi connectivity index (χ0v) is 9.91. The Kier molecular flexibility index (Phi) is 5.29. The van der Waals surface area contributed by atoms with Crippen molar-refractivity contribution in [3.05, 3.63) is 0 Å². The number of aliphatic hydroxyl groups excluding tert-OH is 1. The summed E-state index contributed by atoms with van der Waals surface area (Å²) in [5.41, 5.74) is 5.74. The van der Waals surface area contributed by atoms with Crippen LogP contribution in [0.3, 0.4) is 0 Å². The largest absolute Gasteiger partial charge is 0.480 e. The lowest BCUT2D eigenvalue weighted by atomic mass is 9.94. The number of methoxy groups -OCH3 is 1. The molecule has 1 rings (SSSR count). The van der Waals surface area contributed by atoms with Crippen LogP contribution in [0.5, 0.6) is 0 Å². The van der Waals surface area contributed by atoms with Crippen LogP contribution in [0.15, 0.2) is 0 Å². The maximum atomic E-state index is 10.3. The third-order valence-corrected chi connectivity index (χ3v) is 2.81. The highest BCUT2D eigenvalue weighted by Crippen LogP contribution is 2.22. The van der Waals surface area contributed by atoms with Gasteiger partial charge in [-0.05, 0) is 6.92 Å². The van der Waals surface area contributed by atoms with Gasteiger partial charge in [-0.25, -0.2) is 4.79 Å². The van der Waals surface area contributed by atoms with E-state index in [-0.39, 0.29) is 12.7 Å². The Morgan fingerprint density at radius 1 is 1.53 bits per heavy atom. The minimum atomic E-state index is -1.06. The van der Waals surface area contributed by atoms with Crippen molar-refractivity contribution in [2.45, 2.75) is 37.4 Å². The number of carbonyl (C=O) groups is 1. The van der Waals surface area contributed by atoms with Gasteiger partial charge in [0.25, 0.3) is 0 Å². The minimum Gasteiger partial charge on any atom is -0.480 e. The predicted octanol–water partition coefficient (Wildman–Crippen LogP) is -1.42. The first kappa shape index (κ1) is 14.3. The Hall–Kier alpha value is -0.730. The molecule has 1 saturated heterocycles. The number of aliphatic hydroxyl groups is 1. The SMILES string of the molecule is CO[C@@H]1C(COCC(=O)O)O[C@@H](C)C(N)C1O. The molecular formula is C10H19NO6. The third-order valence-electron chi connectivity index (χ3n) is 2.81. The van der Waals surface area contributed by atoms with Crippen molar-refractivity contribution in [2.24, 2.45) is 5.73 Å². The maximum Gasteiger partial charge on any atom is 0.329 e. The van der Waals surface area contributed by atoms with Crippen LogP contribution in [0.1, 0.15) is 6.92 Å². The van der Waals surface area contributed by atoms with E-state index in [1.807, 2.05) is 0 Å². The quantitative estimate of drug-likeness (QED) is 0.548. The number of nitrogens with two attached hydrogens (primary N) is 1. The Labute approximate surface area is 99.4 Å². The lowest BCUT2D eigenvalue weighted by molar-refractivity contribution is -0.199. The number of ether oxygens (including phenoxy) is 3. The molecule has 5 atom stereocenters. The second-order valence-corrected chi connectivity index (χ2v) is 4.06. The van der Waals surface area contributed by atoms with Gasteiger partial charge >= 0.3 is 5.97 Å². The number of hydrogen-bond donors (Lipinski definition) is 3. The van der Waals surface area contributed by atoms with Crippen LogP contribution in [0.2, 0.25) is 0 Å². The van der Waals surface area contributed by atoms with E-state index < -0.39 is 36.9 Å². The molecule has 4 N–H and O–H groups in total. The zero-order chi connectivity index (χ0) is 13.0. The summed E-state index contributed by atoms with van der Waals surface area (Å²) in [5.74, 6) is -1.06. The van der Waals surface area contributed by atoms with Crippen molar-refractivity contribution in [1.82, 2.24) is 0 Å². The number of carboxylic acid groups (broad SMARTS) is 1. The second-order valence-electron chi connectivity index (χ2n) is 4.06. The molecule has 7 nitrogen and oxygen atoms in total. The van der Waals surface area contributed by atoms with Crippen LogP contribution >= 0.6 is 0 Å². The maximum absolute atomic E-state index is 10.3. The number of carboxylic acids is 1. The second kappa shape index (κ2) is 6.27. The van der Waals surface area contributed by atoms with Crippen molar-refractivity contribution in [3.8, 4) is 0 Å². The van der Waals surface area contributed by atoms with Gasteiger partial charge in [-0.1, -0.05) is 0 Å². The van der Waals surface area contributed by atoms with Gasteiger partial charge in [0, 0.05) is 7.11 Å². The van der Waals surface area contributed by atoms with Gasteiger partial charge in [0.05, 0.1) is 18.8 Å². The molecule has 3 unspecified atom stereocenters. The minimum absolute atomic E-state index is 0.0406. The van der Waals surface area contributed by atoms with Gasteiger partial charge in [-0.2, -0.15) is 0 Å². The number of rotatable bonds is 5. The molecule has 0 aliphatic carbocycles. The normalized spacial score (nSPS) is 38.0. The highest BCUT2D eigenvalue weighted by Gasteiger charge is 2.42. The fourth-order valence-corrected chi connectivity index (χ4v) is 1.85. The molecule has 100 valence electrons. The molecule has 0 aromatic carbocycles. The van der Waals surface area contributed by atoms with Gasteiger partial charge in [0.1, 0.15) is 24.9 Å². The van der Waals surface area contributed by atoms with E-state index in [0.29, 0.717) is 0 Å². The van der Waals surface area contributed by atoms with Gasteiger partial charge in [0.2, 0.25) is 0 Å². The van der Waals surface area contributed by atoms with E-state index >= 15 is 0 Å². The van der Waals surface area contributed by atoms with Crippen molar-refractivity contribution >= 4 is 5.97 Å².